The van der Waals surface area contributed by atoms with Crippen LogP contribution in [-0.4, -0.2) is 21.6 Å². The molecule has 1 atom stereocenters. The molecule has 0 spiro atoms. The summed E-state index contributed by atoms with van der Waals surface area (Å²) in [6, 6.07) is 12.7. The number of hydrogen-bond donors (Lipinski definition) is 0. The molecule has 1 aliphatic heterocycles. The van der Waals surface area contributed by atoms with E-state index >= 15 is 0 Å². The first-order chi connectivity index (χ1) is 12.8. The van der Waals surface area contributed by atoms with E-state index in [-0.39, 0.29) is 11.9 Å². The predicted molar refractivity (Wildman–Crippen MR) is 97.8 cm³/mol. The largest absolute Gasteiger partial charge is 0.356 e. The van der Waals surface area contributed by atoms with Crippen molar-refractivity contribution in [1.82, 2.24) is 15.0 Å². The van der Waals surface area contributed by atoms with Crippen molar-refractivity contribution in [2.45, 2.75) is 38.3 Å². The molecule has 5 heteroatoms. The van der Waals surface area contributed by atoms with Gasteiger partial charge in [-0.1, -0.05) is 24.1 Å². The van der Waals surface area contributed by atoms with Gasteiger partial charge in [-0.25, -0.2) is 4.39 Å². The Morgan fingerprint density at radius 2 is 2.00 bits per heavy atom. The van der Waals surface area contributed by atoms with Gasteiger partial charge in [0.1, 0.15) is 11.5 Å². The van der Waals surface area contributed by atoms with Crippen LogP contribution in [0.5, 0.6) is 0 Å². The molecule has 3 heterocycles. The molecule has 0 saturated carbocycles. The third kappa shape index (κ3) is 3.83. The number of halogens is 1. The van der Waals surface area contributed by atoms with Gasteiger partial charge in [0, 0.05) is 30.6 Å². The Bertz CT molecular complexity index is 832. The highest BCUT2D eigenvalue weighted by atomic mass is 19.1. The van der Waals surface area contributed by atoms with Gasteiger partial charge in [-0.05, 0) is 55.3 Å². The van der Waals surface area contributed by atoms with E-state index < -0.39 is 0 Å². The number of likely N-dealkylation sites (tertiary alicyclic amines) is 1. The second-order valence-electron chi connectivity index (χ2n) is 6.82. The number of benzene rings is 1. The number of rotatable bonds is 4. The molecule has 2 aromatic heterocycles. The van der Waals surface area contributed by atoms with E-state index in [1.807, 2.05) is 18.3 Å². The van der Waals surface area contributed by atoms with Crippen molar-refractivity contribution >= 4 is 0 Å². The fourth-order valence-electron chi connectivity index (χ4n) is 3.61. The molecule has 4 rings (SSSR count). The summed E-state index contributed by atoms with van der Waals surface area (Å²) in [4.78, 5) is 6.70. The van der Waals surface area contributed by atoms with E-state index in [4.69, 9.17) is 4.52 Å². The summed E-state index contributed by atoms with van der Waals surface area (Å²) >= 11 is 0. The number of pyridine rings is 1. The predicted octanol–water partition coefficient (Wildman–Crippen LogP) is 4.99. The lowest BCUT2D eigenvalue weighted by Crippen LogP contribution is -2.28. The van der Waals surface area contributed by atoms with Crippen molar-refractivity contribution in [3.8, 4) is 11.3 Å². The van der Waals surface area contributed by atoms with Crippen LogP contribution in [0.25, 0.3) is 11.3 Å². The maximum Gasteiger partial charge on any atom is 0.167 e. The van der Waals surface area contributed by atoms with Crippen molar-refractivity contribution in [1.29, 1.82) is 0 Å². The minimum Gasteiger partial charge on any atom is -0.356 e. The summed E-state index contributed by atoms with van der Waals surface area (Å²) < 4.78 is 18.7. The first kappa shape index (κ1) is 16.9. The van der Waals surface area contributed by atoms with E-state index in [0.717, 1.165) is 30.8 Å². The van der Waals surface area contributed by atoms with Crippen LogP contribution in [0.2, 0.25) is 0 Å². The number of aromatic nitrogens is 2. The lowest BCUT2D eigenvalue weighted by molar-refractivity contribution is 0.184. The zero-order valence-electron chi connectivity index (χ0n) is 14.6. The zero-order valence-corrected chi connectivity index (χ0v) is 14.6. The van der Waals surface area contributed by atoms with Gasteiger partial charge in [0.2, 0.25) is 0 Å². The maximum absolute atomic E-state index is 13.1. The highest BCUT2D eigenvalue weighted by molar-refractivity contribution is 5.57. The van der Waals surface area contributed by atoms with Gasteiger partial charge in [0.15, 0.2) is 5.76 Å². The van der Waals surface area contributed by atoms with E-state index in [0.29, 0.717) is 5.76 Å². The Labute approximate surface area is 152 Å². The highest BCUT2D eigenvalue weighted by Gasteiger charge is 2.26. The zero-order chi connectivity index (χ0) is 17.8. The minimum atomic E-state index is -0.250. The molecule has 0 unspecified atom stereocenters. The van der Waals surface area contributed by atoms with Gasteiger partial charge in [-0.3, -0.25) is 9.88 Å². The summed E-state index contributed by atoms with van der Waals surface area (Å²) in [5.41, 5.74) is 3.01. The van der Waals surface area contributed by atoms with Crippen molar-refractivity contribution in [3.05, 3.63) is 71.9 Å². The van der Waals surface area contributed by atoms with Crippen LogP contribution < -0.4 is 0 Å². The van der Waals surface area contributed by atoms with Gasteiger partial charge in [0.25, 0.3) is 0 Å². The average Bonchev–Trinajstić information content (AvgIpc) is 3.04. The summed E-state index contributed by atoms with van der Waals surface area (Å²) in [6.45, 7) is 1.90. The van der Waals surface area contributed by atoms with Crippen LogP contribution in [-0.2, 0) is 6.54 Å². The van der Waals surface area contributed by atoms with Crippen LogP contribution in [0, 0.1) is 5.82 Å². The molecule has 1 aromatic carbocycles. The topological polar surface area (TPSA) is 42.2 Å². The molecule has 0 amide bonds. The molecular formula is C21H22FN3O. The van der Waals surface area contributed by atoms with Crippen LogP contribution >= 0.6 is 0 Å². The molecule has 1 fully saturated rings. The maximum atomic E-state index is 13.1. The van der Waals surface area contributed by atoms with Crippen LogP contribution in [0.3, 0.4) is 0 Å². The van der Waals surface area contributed by atoms with Gasteiger partial charge in [-0.2, -0.15) is 0 Å². The molecule has 0 aliphatic carbocycles. The molecule has 1 saturated heterocycles. The molecule has 4 nitrogen and oxygen atoms in total. The standard InChI is InChI=1S/C21H22FN3O/c22-18-9-7-17(8-10-18)21-13-19(24-26-21)20-6-2-1-3-12-25(20)15-16-5-4-11-23-14-16/h4-5,7-11,13-14,20H,1-3,6,12,15H2/t20-/m1/s1. The van der Waals surface area contributed by atoms with Crippen molar-refractivity contribution in [3.63, 3.8) is 0 Å². The molecule has 3 aromatic rings. The lowest BCUT2D eigenvalue weighted by Gasteiger charge is -2.28. The highest BCUT2D eigenvalue weighted by Crippen LogP contribution is 2.33. The average molecular weight is 351 g/mol. The first-order valence-electron chi connectivity index (χ1n) is 9.15. The Hall–Kier alpha value is -2.53. The van der Waals surface area contributed by atoms with Crippen molar-refractivity contribution in [2.75, 3.05) is 6.54 Å². The molecule has 0 N–H and O–H groups in total. The molecule has 0 bridgehead atoms. The van der Waals surface area contributed by atoms with E-state index in [9.17, 15) is 4.39 Å². The van der Waals surface area contributed by atoms with Crippen LogP contribution in [0.15, 0.2) is 59.4 Å². The normalized spacial score (nSPS) is 18.6. The van der Waals surface area contributed by atoms with Gasteiger partial charge >= 0.3 is 0 Å². The molecule has 1 aliphatic rings. The Kier molecular flexibility index (Phi) is 5.07. The number of nitrogens with zero attached hydrogens (tertiary/aromatic N) is 3. The summed E-state index contributed by atoms with van der Waals surface area (Å²) in [7, 11) is 0. The second kappa shape index (κ2) is 7.79. The first-order valence-corrected chi connectivity index (χ1v) is 9.15. The quantitative estimate of drug-likeness (QED) is 0.664. The van der Waals surface area contributed by atoms with Gasteiger partial charge in [-0.15, -0.1) is 0 Å². The van der Waals surface area contributed by atoms with E-state index in [1.54, 1.807) is 18.3 Å². The van der Waals surface area contributed by atoms with Crippen molar-refractivity contribution < 1.29 is 8.91 Å². The SMILES string of the molecule is Fc1ccc(-c2cc([C@H]3CCCCCN3Cc3cccnc3)no2)cc1. The van der Waals surface area contributed by atoms with Crippen molar-refractivity contribution in [2.24, 2.45) is 0 Å². The molecular weight excluding hydrogens is 329 g/mol. The van der Waals surface area contributed by atoms with Crippen LogP contribution in [0.4, 0.5) is 4.39 Å². The minimum absolute atomic E-state index is 0.232. The van der Waals surface area contributed by atoms with E-state index in [2.05, 4.69) is 21.1 Å². The fourth-order valence-corrected chi connectivity index (χ4v) is 3.61. The fraction of sp³-hybridized carbons (Fsp3) is 0.333. The lowest BCUT2D eigenvalue weighted by atomic mass is 10.0. The van der Waals surface area contributed by atoms with Gasteiger partial charge < -0.3 is 4.52 Å². The second-order valence-corrected chi connectivity index (χ2v) is 6.82. The summed E-state index contributed by atoms with van der Waals surface area (Å²) in [5.74, 6) is 0.436. The monoisotopic (exact) mass is 351 g/mol. The Morgan fingerprint density at radius 1 is 1.12 bits per heavy atom. The smallest absolute Gasteiger partial charge is 0.167 e. The molecule has 26 heavy (non-hydrogen) atoms. The Balaban J connectivity index is 1.58. The van der Waals surface area contributed by atoms with Gasteiger partial charge in [0.05, 0.1) is 6.04 Å². The van der Waals surface area contributed by atoms with E-state index in [1.165, 1.54) is 37.0 Å². The summed E-state index contributed by atoms with van der Waals surface area (Å²) in [6.07, 6.45) is 8.41. The van der Waals surface area contributed by atoms with Crippen LogP contribution in [0.1, 0.15) is 43.0 Å². The number of hydrogen-bond acceptors (Lipinski definition) is 4. The third-order valence-electron chi connectivity index (χ3n) is 4.97. The Morgan fingerprint density at radius 3 is 2.81 bits per heavy atom. The molecule has 0 radical (unpaired) electrons. The third-order valence-corrected chi connectivity index (χ3v) is 4.97. The summed E-state index contributed by atoms with van der Waals surface area (Å²) in [5, 5.41) is 4.35. The molecule has 134 valence electrons.